The number of nitrogens with zero attached hydrogens (tertiary/aromatic N) is 1. The lowest BCUT2D eigenvalue weighted by atomic mass is 10.1. The fraction of sp³-hybridized carbons (Fsp3) is 0.273. The van der Waals surface area contributed by atoms with Gasteiger partial charge in [-0.2, -0.15) is 5.26 Å². The molecule has 0 unspecified atom stereocenters. The van der Waals surface area contributed by atoms with Crippen LogP contribution in [0.15, 0.2) is 18.2 Å². The van der Waals surface area contributed by atoms with Gasteiger partial charge in [0.1, 0.15) is 5.82 Å². The summed E-state index contributed by atoms with van der Waals surface area (Å²) in [4.78, 5) is 10.8. The van der Waals surface area contributed by atoms with E-state index in [2.05, 4.69) is 4.74 Å². The summed E-state index contributed by atoms with van der Waals surface area (Å²) in [6, 6.07) is 6.03. The first-order valence-corrected chi connectivity index (χ1v) is 4.42. The van der Waals surface area contributed by atoms with Gasteiger partial charge < -0.3 is 4.74 Å². The van der Waals surface area contributed by atoms with E-state index in [0.717, 1.165) is 6.07 Å². The first kappa shape index (κ1) is 11.2. The molecule has 15 heavy (non-hydrogen) atoms. The van der Waals surface area contributed by atoms with Gasteiger partial charge in [0.2, 0.25) is 0 Å². The van der Waals surface area contributed by atoms with Crippen molar-refractivity contribution < 1.29 is 13.9 Å². The average molecular weight is 207 g/mol. The maximum atomic E-state index is 13.3. The molecule has 0 spiro atoms. The number of hydrogen-bond donors (Lipinski definition) is 0. The number of nitriles is 1. The molecule has 0 N–H and O–H groups in total. The van der Waals surface area contributed by atoms with Gasteiger partial charge in [-0.25, -0.2) is 4.39 Å². The maximum Gasteiger partial charge on any atom is 0.305 e. The van der Waals surface area contributed by atoms with Crippen molar-refractivity contribution in [3.8, 4) is 6.07 Å². The van der Waals surface area contributed by atoms with Crippen LogP contribution in [-0.2, 0) is 16.0 Å². The van der Waals surface area contributed by atoms with Crippen molar-refractivity contribution in [1.29, 1.82) is 5.26 Å². The van der Waals surface area contributed by atoms with Crippen molar-refractivity contribution in [3.05, 3.63) is 35.1 Å². The molecule has 0 atom stereocenters. The number of carbonyl (C=O) groups is 1. The smallest absolute Gasteiger partial charge is 0.305 e. The van der Waals surface area contributed by atoms with Crippen LogP contribution in [0, 0.1) is 17.1 Å². The molecule has 0 aromatic heterocycles. The molecule has 1 rings (SSSR count). The zero-order valence-corrected chi connectivity index (χ0v) is 8.29. The number of hydrogen-bond acceptors (Lipinski definition) is 3. The Morgan fingerprint density at radius 1 is 1.60 bits per heavy atom. The van der Waals surface area contributed by atoms with Crippen LogP contribution in [0.2, 0.25) is 0 Å². The van der Waals surface area contributed by atoms with Gasteiger partial charge in [0, 0.05) is 6.42 Å². The number of carbonyl (C=O) groups excluding carboxylic acids is 1. The van der Waals surface area contributed by atoms with Crippen molar-refractivity contribution in [1.82, 2.24) is 0 Å². The molecular formula is C11H10FNO2. The molecule has 1 aromatic carbocycles. The number of aryl methyl sites for hydroxylation is 1. The summed E-state index contributed by atoms with van der Waals surface area (Å²) >= 11 is 0. The monoisotopic (exact) mass is 207 g/mol. The quantitative estimate of drug-likeness (QED) is 0.710. The van der Waals surface area contributed by atoms with E-state index in [1.54, 1.807) is 0 Å². The van der Waals surface area contributed by atoms with Gasteiger partial charge in [-0.15, -0.1) is 0 Å². The number of rotatable bonds is 3. The fourth-order valence-electron chi connectivity index (χ4n) is 1.16. The van der Waals surface area contributed by atoms with E-state index in [9.17, 15) is 9.18 Å². The van der Waals surface area contributed by atoms with Gasteiger partial charge in [0.25, 0.3) is 0 Å². The molecule has 0 amide bonds. The van der Waals surface area contributed by atoms with Gasteiger partial charge in [0.15, 0.2) is 0 Å². The zero-order valence-electron chi connectivity index (χ0n) is 8.29. The Kier molecular flexibility index (Phi) is 3.81. The second kappa shape index (κ2) is 5.11. The third-order valence-electron chi connectivity index (χ3n) is 2.01. The Morgan fingerprint density at radius 2 is 2.33 bits per heavy atom. The highest BCUT2D eigenvalue weighted by Gasteiger charge is 2.06. The maximum absolute atomic E-state index is 13.3. The lowest BCUT2D eigenvalue weighted by molar-refractivity contribution is -0.140. The lowest BCUT2D eigenvalue weighted by Gasteiger charge is -2.02. The van der Waals surface area contributed by atoms with Crippen LogP contribution < -0.4 is 0 Å². The van der Waals surface area contributed by atoms with E-state index >= 15 is 0 Å². The van der Waals surface area contributed by atoms with Crippen molar-refractivity contribution in [2.75, 3.05) is 7.11 Å². The molecule has 0 saturated carbocycles. The second-order valence-electron chi connectivity index (χ2n) is 2.99. The molecule has 0 bridgehead atoms. The van der Waals surface area contributed by atoms with Crippen LogP contribution in [0.5, 0.6) is 0 Å². The molecule has 78 valence electrons. The highest BCUT2D eigenvalue weighted by Crippen LogP contribution is 2.12. The molecule has 0 aliphatic rings. The minimum atomic E-state index is -0.460. The predicted octanol–water partition coefficient (Wildman–Crippen LogP) is 1.80. The standard InChI is InChI=1S/C11H10FNO2/c1-15-11(14)5-4-9-3-2-8(7-13)6-10(9)12/h2-3,6H,4-5H2,1H3. The molecule has 0 fully saturated rings. The summed E-state index contributed by atoms with van der Waals surface area (Å²) in [6.07, 6.45) is 0.420. The SMILES string of the molecule is COC(=O)CCc1ccc(C#N)cc1F. The molecular weight excluding hydrogens is 197 g/mol. The number of benzene rings is 1. The van der Waals surface area contributed by atoms with Crippen LogP contribution in [0.4, 0.5) is 4.39 Å². The topological polar surface area (TPSA) is 50.1 Å². The zero-order chi connectivity index (χ0) is 11.3. The Labute approximate surface area is 87.1 Å². The van der Waals surface area contributed by atoms with Crippen molar-refractivity contribution in [2.45, 2.75) is 12.8 Å². The molecule has 0 aliphatic heterocycles. The van der Waals surface area contributed by atoms with Crippen LogP contribution in [0.3, 0.4) is 0 Å². The van der Waals surface area contributed by atoms with E-state index < -0.39 is 5.82 Å². The van der Waals surface area contributed by atoms with Crippen LogP contribution in [0.25, 0.3) is 0 Å². The third kappa shape index (κ3) is 3.06. The van der Waals surface area contributed by atoms with Crippen LogP contribution in [0.1, 0.15) is 17.5 Å². The van der Waals surface area contributed by atoms with E-state index in [-0.39, 0.29) is 24.4 Å². The third-order valence-corrected chi connectivity index (χ3v) is 2.01. The highest BCUT2D eigenvalue weighted by atomic mass is 19.1. The van der Waals surface area contributed by atoms with Gasteiger partial charge >= 0.3 is 5.97 Å². The molecule has 0 heterocycles. The number of halogens is 1. The molecule has 3 nitrogen and oxygen atoms in total. The second-order valence-corrected chi connectivity index (χ2v) is 2.99. The minimum absolute atomic E-state index is 0.138. The molecule has 0 aliphatic carbocycles. The van der Waals surface area contributed by atoms with Gasteiger partial charge in [-0.05, 0) is 24.1 Å². The van der Waals surface area contributed by atoms with Crippen molar-refractivity contribution in [3.63, 3.8) is 0 Å². The molecule has 0 saturated heterocycles. The average Bonchev–Trinajstić information content (AvgIpc) is 2.26. The number of methoxy groups -OCH3 is 1. The molecule has 4 heteroatoms. The van der Waals surface area contributed by atoms with Gasteiger partial charge in [-0.3, -0.25) is 4.79 Å². The first-order chi connectivity index (χ1) is 7.17. The van der Waals surface area contributed by atoms with Crippen LogP contribution in [-0.4, -0.2) is 13.1 Å². The summed E-state index contributed by atoms with van der Waals surface area (Å²) in [6.45, 7) is 0. The molecule has 1 aromatic rings. The van der Waals surface area contributed by atoms with E-state index in [1.165, 1.54) is 19.2 Å². The normalized spacial score (nSPS) is 9.40. The van der Waals surface area contributed by atoms with Gasteiger partial charge in [-0.1, -0.05) is 6.07 Å². The van der Waals surface area contributed by atoms with Crippen LogP contribution >= 0.6 is 0 Å². The minimum Gasteiger partial charge on any atom is -0.469 e. The fourth-order valence-corrected chi connectivity index (χ4v) is 1.16. The van der Waals surface area contributed by atoms with Crippen molar-refractivity contribution >= 4 is 5.97 Å². The van der Waals surface area contributed by atoms with Crippen molar-refractivity contribution in [2.24, 2.45) is 0 Å². The summed E-state index contributed by atoms with van der Waals surface area (Å²) in [5, 5.41) is 8.52. The summed E-state index contributed by atoms with van der Waals surface area (Å²) in [5.41, 5.74) is 0.689. The Morgan fingerprint density at radius 3 is 2.87 bits per heavy atom. The summed E-state index contributed by atoms with van der Waals surface area (Å²) in [7, 11) is 1.29. The van der Waals surface area contributed by atoms with Gasteiger partial charge in [0.05, 0.1) is 18.7 Å². The molecule has 0 radical (unpaired) electrons. The van der Waals surface area contributed by atoms with E-state index in [0.29, 0.717) is 5.56 Å². The summed E-state index contributed by atoms with van der Waals surface area (Å²) < 4.78 is 17.7. The number of ether oxygens (including phenoxy) is 1. The highest BCUT2D eigenvalue weighted by molar-refractivity contribution is 5.69. The lowest BCUT2D eigenvalue weighted by Crippen LogP contribution is -2.03. The largest absolute Gasteiger partial charge is 0.469 e. The Hall–Kier alpha value is -1.89. The predicted molar refractivity (Wildman–Crippen MR) is 51.5 cm³/mol. The summed E-state index contributed by atoms with van der Waals surface area (Å²) in [5.74, 6) is -0.836. The van der Waals surface area contributed by atoms with E-state index in [4.69, 9.17) is 5.26 Å². The number of esters is 1. The first-order valence-electron chi connectivity index (χ1n) is 4.42. The Bertz CT molecular complexity index is 410. The van der Waals surface area contributed by atoms with E-state index in [1.807, 2.05) is 6.07 Å². The Balaban J connectivity index is 2.71.